The topological polar surface area (TPSA) is 328 Å². The monoisotopic (exact) mass is 902 g/mol. The van der Waals surface area contributed by atoms with Gasteiger partial charge in [0.25, 0.3) is 7.82 Å². The van der Waals surface area contributed by atoms with Crippen molar-refractivity contribution in [2.45, 2.75) is 130 Å². The van der Waals surface area contributed by atoms with Gasteiger partial charge >= 0.3 is 0 Å². The number of rotatable bonds is 16. The molecular formula is C34H56N12O11P2S-2. The molecule has 4 aromatic heterocycles. The lowest BCUT2D eigenvalue weighted by Gasteiger charge is -2.35. The molecule has 0 spiro atoms. The van der Waals surface area contributed by atoms with Gasteiger partial charge in [-0.3, -0.25) is 13.7 Å². The third-order valence-corrected chi connectivity index (χ3v) is 12.1. The van der Waals surface area contributed by atoms with E-state index in [2.05, 4.69) is 43.8 Å². The first-order valence-electron chi connectivity index (χ1n) is 19.3. The van der Waals surface area contributed by atoms with E-state index in [1.54, 1.807) is 36.8 Å². The maximum atomic E-state index is 12.8. The van der Waals surface area contributed by atoms with Crippen molar-refractivity contribution in [1.82, 2.24) is 39.0 Å². The summed E-state index contributed by atoms with van der Waals surface area (Å²) < 4.78 is 60.9. The van der Waals surface area contributed by atoms with E-state index >= 15 is 0 Å². The number of ether oxygens (including phenoxy) is 4. The molecular weight excluding hydrogens is 846 g/mol. The molecule has 0 aromatic carbocycles. The van der Waals surface area contributed by atoms with E-state index < -0.39 is 69.7 Å². The van der Waals surface area contributed by atoms with Crippen LogP contribution in [0.25, 0.3) is 22.3 Å². The number of anilines is 4. The fourth-order valence-electron chi connectivity index (χ4n) is 7.08. The zero-order valence-electron chi connectivity index (χ0n) is 35.2. The molecule has 6 heterocycles. The van der Waals surface area contributed by atoms with Crippen LogP contribution in [0.4, 0.5) is 23.5 Å². The van der Waals surface area contributed by atoms with Crippen LogP contribution >= 0.6 is 14.5 Å². The van der Waals surface area contributed by atoms with Crippen LogP contribution in [0.2, 0.25) is 0 Å². The van der Waals surface area contributed by atoms with Crippen LogP contribution in [0.1, 0.15) is 80.7 Å². The van der Waals surface area contributed by atoms with Crippen molar-refractivity contribution < 1.29 is 51.4 Å². The molecule has 336 valence electrons. The Morgan fingerprint density at radius 3 is 1.45 bits per heavy atom. The normalized spacial score (nSPS) is 26.7. The number of hydrogen-bond donors (Lipinski definition) is 4. The van der Waals surface area contributed by atoms with Crippen molar-refractivity contribution in [1.29, 1.82) is 0 Å². The Balaban J connectivity index is 0.000000228. The van der Waals surface area contributed by atoms with Gasteiger partial charge in [0.1, 0.15) is 42.2 Å². The van der Waals surface area contributed by atoms with Gasteiger partial charge in [0.2, 0.25) is 11.9 Å². The molecule has 8 N–H and O–H groups in total. The second-order valence-electron chi connectivity index (χ2n) is 15.7. The molecule has 10 atom stereocenters. The molecule has 26 heteroatoms. The average molecular weight is 903 g/mol. The lowest BCUT2D eigenvalue weighted by Crippen LogP contribution is -2.37. The van der Waals surface area contributed by atoms with Crippen LogP contribution in [-0.2, 0) is 53.4 Å². The van der Waals surface area contributed by atoms with Gasteiger partial charge in [0.05, 0.1) is 37.1 Å². The highest BCUT2D eigenvalue weighted by atomic mass is 32.5. The highest BCUT2D eigenvalue weighted by Crippen LogP contribution is 2.49. The molecule has 0 radical (unpaired) electrons. The maximum absolute atomic E-state index is 12.8. The standard InChI is InChI=1S/C17H29N6O6P.C17H29N6O5PS/c1-8(2)6-10-12(29-30(24,25)28-9(3)4)13(26-5)16(27-10)23-7-20-11-14(18)21-17(19)22-15(11)23;1-8(2)6-10-12(28-29(24,30)27-9(3)4)13(25-5)16(26-10)23-7-20-11-14(18)21-17(19)22-15(11)23/h7-10,12-13,16H,6H2,1-5H3,(H,24,25)(H4,18,19,21,22);7-10,12-13,16H,6H2,1-5H3,(H,24,30)(H4,18,19,21,22)/p-2/t10-,12+,13?,16-;10-,12+,13?,16-,29?/m11/s1. The number of phosphoric acid groups is 1. The van der Waals surface area contributed by atoms with E-state index in [-0.39, 0.29) is 41.5 Å². The zero-order valence-corrected chi connectivity index (χ0v) is 37.8. The van der Waals surface area contributed by atoms with Crippen molar-refractivity contribution >= 4 is 72.2 Å². The van der Waals surface area contributed by atoms with Gasteiger partial charge in [-0.2, -0.15) is 19.9 Å². The Morgan fingerprint density at radius 1 is 0.683 bits per heavy atom. The number of hydrogen-bond acceptors (Lipinski definition) is 22. The van der Waals surface area contributed by atoms with E-state index in [4.69, 9.17) is 71.8 Å². The minimum atomic E-state index is -4.60. The minimum Gasteiger partial charge on any atom is -0.780 e. The predicted molar refractivity (Wildman–Crippen MR) is 221 cm³/mol. The molecule has 6 rings (SSSR count). The highest BCUT2D eigenvalue weighted by molar-refractivity contribution is 8.06. The van der Waals surface area contributed by atoms with Crippen LogP contribution in [0.5, 0.6) is 0 Å². The molecule has 4 aromatic rings. The molecule has 23 nitrogen and oxygen atoms in total. The summed E-state index contributed by atoms with van der Waals surface area (Å²) in [6.07, 6.45) is -2.33. The number of phosphoric ester groups is 1. The molecule has 0 saturated carbocycles. The van der Waals surface area contributed by atoms with E-state index in [1.165, 1.54) is 26.9 Å². The molecule has 0 aliphatic carbocycles. The van der Waals surface area contributed by atoms with E-state index in [9.17, 15) is 14.4 Å². The van der Waals surface area contributed by atoms with E-state index in [0.717, 1.165) is 0 Å². The smallest absolute Gasteiger partial charge is 0.268 e. The molecule has 0 bridgehead atoms. The van der Waals surface area contributed by atoms with Crippen molar-refractivity contribution in [3.8, 4) is 0 Å². The highest BCUT2D eigenvalue weighted by Gasteiger charge is 2.50. The van der Waals surface area contributed by atoms with E-state index in [1.807, 2.05) is 13.8 Å². The lowest BCUT2D eigenvalue weighted by atomic mass is 10.0. The molecule has 2 aliphatic heterocycles. The summed E-state index contributed by atoms with van der Waals surface area (Å²) in [6.45, 7) is 11.0. The van der Waals surface area contributed by atoms with Crippen molar-refractivity contribution in [3.63, 3.8) is 0 Å². The first-order chi connectivity index (χ1) is 28.0. The summed E-state index contributed by atoms with van der Waals surface area (Å²) >= 11 is 5.10. The Kier molecular flexibility index (Phi) is 15.5. The summed E-state index contributed by atoms with van der Waals surface area (Å²) in [5.41, 5.74) is 24.8. The first kappa shape index (κ1) is 47.8. The number of fused-ring (bicyclic) bond motifs is 2. The quantitative estimate of drug-likeness (QED) is 0.117. The number of aromatic nitrogens is 8. The van der Waals surface area contributed by atoms with Gasteiger partial charge in [0.15, 0.2) is 35.4 Å². The van der Waals surface area contributed by atoms with Crippen molar-refractivity contribution in [2.75, 3.05) is 37.2 Å². The minimum absolute atomic E-state index is 0.0145. The molecule has 0 amide bonds. The molecule has 60 heavy (non-hydrogen) atoms. The summed E-state index contributed by atoms with van der Waals surface area (Å²) in [6, 6.07) is 0. The van der Waals surface area contributed by atoms with Gasteiger partial charge in [-0.05, 0) is 52.4 Å². The van der Waals surface area contributed by atoms with Crippen LogP contribution in [-0.4, -0.2) is 102 Å². The Bertz CT molecular complexity index is 2030. The summed E-state index contributed by atoms with van der Waals surface area (Å²) in [4.78, 5) is 49.9. The number of imidazole rings is 2. The Hall–Kier alpha value is -3.22. The number of nitrogens with two attached hydrogens (primary N) is 4. The number of nitrogens with zero attached hydrogens (tertiary/aromatic N) is 8. The predicted octanol–water partition coefficient (Wildman–Crippen LogP) is 2.57. The van der Waals surface area contributed by atoms with Gasteiger partial charge in [-0.25, -0.2) is 9.97 Å². The zero-order chi connectivity index (χ0) is 44.4. The van der Waals surface area contributed by atoms with Gasteiger partial charge < -0.3 is 69.8 Å². The molecule has 2 fully saturated rings. The third kappa shape index (κ3) is 11.2. The van der Waals surface area contributed by atoms with Crippen molar-refractivity contribution in [2.24, 2.45) is 11.8 Å². The van der Waals surface area contributed by atoms with Crippen LogP contribution < -0.4 is 32.7 Å². The van der Waals surface area contributed by atoms with Crippen LogP contribution in [0, 0.1) is 11.8 Å². The van der Waals surface area contributed by atoms with E-state index in [0.29, 0.717) is 35.2 Å². The molecule has 4 unspecified atom stereocenters. The van der Waals surface area contributed by atoms with Crippen LogP contribution in [0.3, 0.4) is 0 Å². The average Bonchev–Trinajstić information content (AvgIpc) is 3.87. The maximum Gasteiger partial charge on any atom is 0.268 e. The molecule has 2 aliphatic rings. The second kappa shape index (κ2) is 19.4. The number of methoxy groups -OCH3 is 2. The van der Waals surface area contributed by atoms with Gasteiger partial charge in [-0.1, -0.05) is 39.5 Å². The second-order valence-corrected chi connectivity index (χ2v) is 19.7. The molecule has 2 saturated heterocycles. The van der Waals surface area contributed by atoms with Crippen molar-refractivity contribution in [3.05, 3.63) is 12.7 Å². The largest absolute Gasteiger partial charge is 0.780 e. The SMILES string of the molecule is COC1[C@@H](OP(=O)([O-])OC(C)C)[C@@H](CC(C)C)O[C@H]1n1cnc2c(N)nc(N)nc21.COC1[C@@H](OP([O-])(=S)OC(C)C)[C@@H](CC(C)C)O[C@H]1n1cnc2c(N)nc(N)nc21. The fraction of sp³-hybridized carbons (Fsp3) is 0.706. The Labute approximate surface area is 353 Å². The summed E-state index contributed by atoms with van der Waals surface area (Å²) in [5, 5.41) is 0. The summed E-state index contributed by atoms with van der Waals surface area (Å²) in [7, 11) is -1.63. The Morgan fingerprint density at radius 2 is 1.08 bits per heavy atom. The van der Waals surface area contributed by atoms with Gasteiger partial charge in [0, 0.05) is 14.2 Å². The lowest BCUT2D eigenvalue weighted by molar-refractivity contribution is -0.236. The first-order valence-corrected chi connectivity index (χ1v) is 23.3. The van der Waals surface area contributed by atoms with Crippen LogP contribution in [0.15, 0.2) is 12.7 Å². The number of nitrogen functional groups attached to an aromatic ring is 4. The third-order valence-electron chi connectivity index (χ3n) is 9.18. The fourth-order valence-corrected chi connectivity index (χ4v) is 10.1. The summed E-state index contributed by atoms with van der Waals surface area (Å²) in [5.74, 6) is 0.776. The van der Waals surface area contributed by atoms with Gasteiger partial charge in [-0.15, -0.1) is 0 Å².